The summed E-state index contributed by atoms with van der Waals surface area (Å²) in [6, 6.07) is 15.1. The summed E-state index contributed by atoms with van der Waals surface area (Å²) in [7, 11) is 0. The van der Waals surface area contributed by atoms with Crippen molar-refractivity contribution in [2.75, 3.05) is 23.0 Å². The Kier molecular flexibility index (Phi) is 8.11. The van der Waals surface area contributed by atoms with E-state index in [-0.39, 0.29) is 17.6 Å². The molecule has 1 heterocycles. The van der Waals surface area contributed by atoms with Crippen molar-refractivity contribution >= 4 is 35.0 Å². The van der Waals surface area contributed by atoms with Crippen LogP contribution in [0.3, 0.4) is 0 Å². The van der Waals surface area contributed by atoms with Crippen LogP contribution in [0.15, 0.2) is 53.6 Å². The average Bonchev–Trinajstić information content (AvgIpc) is 2.76. The fourth-order valence-electron chi connectivity index (χ4n) is 3.54. The Hall–Kier alpha value is -3.32. The number of hydrogen-bond donors (Lipinski definition) is 2. The Balaban J connectivity index is 1.79. The molecule has 0 atom stereocenters. The van der Waals surface area contributed by atoms with Crippen LogP contribution in [-0.2, 0) is 4.79 Å². The van der Waals surface area contributed by atoms with Crippen LogP contribution in [-0.4, -0.2) is 29.2 Å². The molecule has 1 aromatic heterocycles. The molecule has 7 heteroatoms. The lowest BCUT2D eigenvalue weighted by Gasteiger charge is -2.15. The van der Waals surface area contributed by atoms with Crippen LogP contribution < -0.4 is 15.4 Å². The molecule has 0 aliphatic carbocycles. The third kappa shape index (κ3) is 6.14. The van der Waals surface area contributed by atoms with Crippen LogP contribution in [0.2, 0.25) is 0 Å². The number of aromatic nitrogens is 1. The second kappa shape index (κ2) is 11.0. The van der Waals surface area contributed by atoms with Crippen molar-refractivity contribution in [2.45, 2.75) is 39.6 Å². The molecule has 0 aliphatic heterocycles. The average molecular weight is 464 g/mol. The minimum Gasteiger partial charge on any atom is -0.492 e. The first-order valence-electron chi connectivity index (χ1n) is 10.8. The number of carbonyl (C=O) groups is 2. The van der Waals surface area contributed by atoms with Crippen molar-refractivity contribution in [3.8, 4) is 5.75 Å². The molecule has 2 aromatic carbocycles. The Bertz CT molecular complexity index is 1160. The zero-order valence-corrected chi connectivity index (χ0v) is 20.4. The number of thioether (sulfide) groups is 1. The third-order valence-corrected chi connectivity index (χ3v) is 6.03. The number of benzene rings is 2. The van der Waals surface area contributed by atoms with Crippen LogP contribution in [0.25, 0.3) is 0 Å². The van der Waals surface area contributed by atoms with Gasteiger partial charge in [0.05, 0.1) is 23.6 Å². The van der Waals surface area contributed by atoms with Gasteiger partial charge in [-0.05, 0) is 69.5 Å². The monoisotopic (exact) mass is 463 g/mol. The maximum absolute atomic E-state index is 13.2. The zero-order chi connectivity index (χ0) is 24.0. The van der Waals surface area contributed by atoms with E-state index in [4.69, 9.17) is 4.74 Å². The number of hydrogen-bond acceptors (Lipinski definition) is 5. The molecular weight excluding hydrogens is 434 g/mol. The van der Waals surface area contributed by atoms with E-state index >= 15 is 0 Å². The van der Waals surface area contributed by atoms with Gasteiger partial charge in [-0.3, -0.25) is 9.59 Å². The van der Waals surface area contributed by atoms with Gasteiger partial charge in [-0.25, -0.2) is 4.98 Å². The highest BCUT2D eigenvalue weighted by atomic mass is 32.2. The molecule has 0 saturated heterocycles. The molecule has 0 fully saturated rings. The maximum atomic E-state index is 13.2. The standard InChI is InChI=1S/C26H29N3O3S/c1-6-32-21-13-8-7-12-20(21)28-25(31)23-18(4)14-19(5)27-26(23)33-15-22(30)29-24-16(2)10-9-11-17(24)3/h7-14H,6,15H2,1-5H3,(H,28,31)(H,29,30). The molecular formula is C26H29N3O3S. The second-order valence-corrected chi connectivity index (χ2v) is 8.71. The highest BCUT2D eigenvalue weighted by Gasteiger charge is 2.20. The summed E-state index contributed by atoms with van der Waals surface area (Å²) in [5, 5.41) is 6.44. The van der Waals surface area contributed by atoms with Crippen molar-refractivity contribution in [3.63, 3.8) is 0 Å². The SMILES string of the molecule is CCOc1ccccc1NC(=O)c1c(C)cc(C)nc1SCC(=O)Nc1c(C)cccc1C. The molecule has 33 heavy (non-hydrogen) atoms. The van der Waals surface area contributed by atoms with Crippen molar-refractivity contribution in [2.24, 2.45) is 0 Å². The van der Waals surface area contributed by atoms with Crippen LogP contribution in [0.1, 0.15) is 39.7 Å². The highest BCUT2D eigenvalue weighted by molar-refractivity contribution is 8.00. The molecule has 3 rings (SSSR count). The Morgan fingerprint density at radius 2 is 1.64 bits per heavy atom. The van der Waals surface area contributed by atoms with Crippen LogP contribution in [0.5, 0.6) is 5.75 Å². The summed E-state index contributed by atoms with van der Waals surface area (Å²) < 4.78 is 5.62. The van der Waals surface area contributed by atoms with Crippen LogP contribution >= 0.6 is 11.8 Å². The van der Waals surface area contributed by atoms with Gasteiger partial charge in [0.1, 0.15) is 10.8 Å². The second-order valence-electron chi connectivity index (χ2n) is 7.75. The van der Waals surface area contributed by atoms with Gasteiger partial charge in [-0.2, -0.15) is 0 Å². The normalized spacial score (nSPS) is 10.6. The van der Waals surface area contributed by atoms with E-state index < -0.39 is 0 Å². The fraction of sp³-hybridized carbons (Fsp3) is 0.269. The minimum absolute atomic E-state index is 0.138. The molecule has 0 unspecified atom stereocenters. The predicted octanol–water partition coefficient (Wildman–Crippen LogP) is 5.70. The Morgan fingerprint density at radius 3 is 2.33 bits per heavy atom. The lowest BCUT2D eigenvalue weighted by Crippen LogP contribution is -2.19. The largest absolute Gasteiger partial charge is 0.492 e. The van der Waals surface area contributed by atoms with Crippen LogP contribution in [0, 0.1) is 27.7 Å². The summed E-state index contributed by atoms with van der Waals surface area (Å²) in [4.78, 5) is 30.5. The van der Waals surface area contributed by atoms with Crippen LogP contribution in [0.4, 0.5) is 11.4 Å². The van der Waals surface area contributed by atoms with Crippen molar-refractivity contribution in [1.82, 2.24) is 4.98 Å². The number of nitrogens with zero attached hydrogens (tertiary/aromatic N) is 1. The third-order valence-electron chi connectivity index (χ3n) is 5.06. The molecule has 0 saturated carbocycles. The quantitative estimate of drug-likeness (QED) is 0.419. The molecule has 3 aromatic rings. The van der Waals surface area contributed by atoms with E-state index in [1.165, 1.54) is 11.8 Å². The van der Waals surface area contributed by atoms with E-state index in [9.17, 15) is 9.59 Å². The molecule has 0 radical (unpaired) electrons. The van der Waals surface area contributed by atoms with Gasteiger partial charge < -0.3 is 15.4 Å². The predicted molar refractivity (Wildman–Crippen MR) is 135 cm³/mol. The lowest BCUT2D eigenvalue weighted by molar-refractivity contribution is -0.113. The number of para-hydroxylation sites is 3. The van der Waals surface area contributed by atoms with Crippen molar-refractivity contribution in [3.05, 3.63) is 76.5 Å². The van der Waals surface area contributed by atoms with Gasteiger partial charge in [-0.1, -0.05) is 42.1 Å². The van der Waals surface area contributed by atoms with E-state index in [2.05, 4.69) is 15.6 Å². The topological polar surface area (TPSA) is 80.3 Å². The number of rotatable bonds is 8. The number of nitrogens with one attached hydrogen (secondary N) is 2. The molecule has 172 valence electrons. The number of anilines is 2. The van der Waals surface area contributed by atoms with Gasteiger partial charge in [0.25, 0.3) is 5.91 Å². The lowest BCUT2D eigenvalue weighted by atomic mass is 10.1. The Morgan fingerprint density at radius 1 is 0.939 bits per heavy atom. The number of pyridine rings is 1. The molecule has 2 amide bonds. The molecule has 6 nitrogen and oxygen atoms in total. The highest BCUT2D eigenvalue weighted by Crippen LogP contribution is 2.29. The first-order valence-corrected chi connectivity index (χ1v) is 11.8. The smallest absolute Gasteiger partial charge is 0.258 e. The maximum Gasteiger partial charge on any atom is 0.258 e. The summed E-state index contributed by atoms with van der Waals surface area (Å²) in [5.41, 5.74) is 5.46. The van der Waals surface area contributed by atoms with Gasteiger partial charge in [-0.15, -0.1) is 0 Å². The van der Waals surface area contributed by atoms with Crippen molar-refractivity contribution < 1.29 is 14.3 Å². The molecule has 0 aliphatic rings. The van der Waals surface area contributed by atoms with Crippen molar-refractivity contribution in [1.29, 1.82) is 0 Å². The van der Waals surface area contributed by atoms with E-state index in [0.717, 1.165) is 28.1 Å². The van der Waals surface area contributed by atoms with Gasteiger partial charge >= 0.3 is 0 Å². The molecule has 2 N–H and O–H groups in total. The Labute approximate surface area is 199 Å². The zero-order valence-electron chi connectivity index (χ0n) is 19.6. The molecule has 0 bridgehead atoms. The van der Waals surface area contributed by atoms with Gasteiger partial charge in [0.15, 0.2) is 0 Å². The fourth-order valence-corrected chi connectivity index (χ4v) is 4.49. The first-order chi connectivity index (χ1) is 15.8. The first kappa shape index (κ1) is 24.3. The van der Waals surface area contributed by atoms with Gasteiger partial charge in [0.2, 0.25) is 5.91 Å². The number of amides is 2. The summed E-state index contributed by atoms with van der Waals surface area (Å²) in [6.45, 7) is 10.1. The minimum atomic E-state index is -0.287. The van der Waals surface area contributed by atoms with E-state index in [1.807, 2.05) is 77.1 Å². The number of carbonyl (C=O) groups excluding carboxylic acids is 2. The summed E-state index contributed by atoms with van der Waals surface area (Å²) in [6.07, 6.45) is 0. The number of ether oxygens (including phenoxy) is 1. The number of aryl methyl sites for hydroxylation is 4. The molecule has 0 spiro atoms. The van der Waals surface area contributed by atoms with E-state index in [0.29, 0.717) is 28.6 Å². The van der Waals surface area contributed by atoms with Gasteiger partial charge in [0, 0.05) is 11.4 Å². The van der Waals surface area contributed by atoms with E-state index in [1.54, 1.807) is 6.07 Å². The summed E-state index contributed by atoms with van der Waals surface area (Å²) in [5.74, 6) is 0.309. The summed E-state index contributed by atoms with van der Waals surface area (Å²) >= 11 is 1.25.